The molecule has 0 aliphatic heterocycles. The topological polar surface area (TPSA) is 88.9 Å². The third kappa shape index (κ3) is 6.31. The van der Waals surface area contributed by atoms with Crippen LogP contribution in [0.3, 0.4) is 0 Å². The Morgan fingerprint density at radius 3 is 2.38 bits per heavy atom. The zero-order valence-electron chi connectivity index (χ0n) is 19.8. The molecule has 1 heterocycles. The van der Waals surface area contributed by atoms with Crippen LogP contribution >= 0.6 is 0 Å². The van der Waals surface area contributed by atoms with E-state index in [9.17, 15) is 9.59 Å². The van der Waals surface area contributed by atoms with Crippen molar-refractivity contribution in [1.29, 1.82) is 0 Å². The van der Waals surface area contributed by atoms with E-state index in [4.69, 9.17) is 4.98 Å². The van der Waals surface area contributed by atoms with Crippen LogP contribution in [0.1, 0.15) is 58.3 Å². The van der Waals surface area contributed by atoms with Gasteiger partial charge in [0.1, 0.15) is 6.54 Å². The Balaban J connectivity index is 1.52. The Morgan fingerprint density at radius 2 is 1.68 bits per heavy atom. The van der Waals surface area contributed by atoms with Gasteiger partial charge in [0.2, 0.25) is 11.8 Å². The van der Waals surface area contributed by atoms with E-state index in [0.29, 0.717) is 18.1 Å². The minimum Gasteiger partial charge on any atom is -0.352 e. The van der Waals surface area contributed by atoms with Gasteiger partial charge < -0.3 is 10.6 Å². The molecule has 4 rings (SSSR count). The van der Waals surface area contributed by atoms with Crippen LogP contribution in [0.5, 0.6) is 0 Å². The lowest BCUT2D eigenvalue weighted by molar-refractivity contribution is -0.122. The highest BCUT2D eigenvalue weighted by Crippen LogP contribution is 2.24. The van der Waals surface area contributed by atoms with Crippen LogP contribution in [0.4, 0.5) is 5.69 Å². The van der Waals surface area contributed by atoms with Crippen LogP contribution < -0.4 is 10.6 Å². The molecule has 0 bridgehead atoms. The van der Waals surface area contributed by atoms with E-state index in [0.717, 1.165) is 42.5 Å². The summed E-state index contributed by atoms with van der Waals surface area (Å²) in [6.45, 7) is 2.19. The number of amides is 2. The van der Waals surface area contributed by atoms with Crippen LogP contribution in [-0.4, -0.2) is 32.6 Å². The molecule has 0 saturated heterocycles. The van der Waals surface area contributed by atoms with Gasteiger partial charge in [0.25, 0.3) is 0 Å². The summed E-state index contributed by atoms with van der Waals surface area (Å²) in [6.07, 6.45) is 8.06. The summed E-state index contributed by atoms with van der Waals surface area (Å²) in [5, 5.41) is 10.8. The maximum atomic E-state index is 12.8. The van der Waals surface area contributed by atoms with Crippen molar-refractivity contribution in [2.75, 3.05) is 5.32 Å². The minimum atomic E-state index is -0.0364. The normalized spacial score (nSPS) is 14.0. The molecule has 1 aliphatic carbocycles. The Morgan fingerprint density at radius 1 is 0.941 bits per heavy atom. The molecule has 2 amide bonds. The Labute approximate surface area is 201 Å². The predicted octanol–water partition coefficient (Wildman–Crippen LogP) is 5.19. The van der Waals surface area contributed by atoms with E-state index < -0.39 is 0 Å². The Kier molecular flexibility index (Phi) is 8.07. The van der Waals surface area contributed by atoms with Gasteiger partial charge in [-0.05, 0) is 43.5 Å². The highest BCUT2D eigenvalue weighted by atomic mass is 16.2. The van der Waals surface area contributed by atoms with Gasteiger partial charge in [0, 0.05) is 29.3 Å². The number of rotatable bonds is 9. The van der Waals surface area contributed by atoms with Crippen molar-refractivity contribution < 1.29 is 9.59 Å². The fourth-order valence-electron chi connectivity index (χ4n) is 4.30. The van der Waals surface area contributed by atoms with E-state index in [2.05, 4.69) is 22.7 Å². The third-order valence-corrected chi connectivity index (χ3v) is 6.15. The molecule has 1 fully saturated rings. The van der Waals surface area contributed by atoms with E-state index in [-0.39, 0.29) is 24.4 Å². The van der Waals surface area contributed by atoms with Crippen molar-refractivity contribution in [3.05, 3.63) is 54.6 Å². The highest BCUT2D eigenvalue weighted by Gasteiger charge is 2.19. The lowest BCUT2D eigenvalue weighted by atomic mass is 9.95. The van der Waals surface area contributed by atoms with E-state index in [1.165, 1.54) is 19.3 Å². The van der Waals surface area contributed by atoms with Crippen LogP contribution in [0.25, 0.3) is 22.8 Å². The van der Waals surface area contributed by atoms with Gasteiger partial charge in [-0.15, -0.1) is 5.10 Å². The second kappa shape index (κ2) is 11.6. The van der Waals surface area contributed by atoms with Crippen LogP contribution in [0.15, 0.2) is 54.6 Å². The molecule has 34 heavy (non-hydrogen) atoms. The highest BCUT2D eigenvalue weighted by molar-refractivity contribution is 5.90. The number of nitrogens with zero attached hydrogens (tertiary/aromatic N) is 3. The molecule has 0 radical (unpaired) electrons. The predicted molar refractivity (Wildman–Crippen MR) is 134 cm³/mol. The monoisotopic (exact) mass is 459 g/mol. The fraction of sp³-hybridized carbons (Fsp3) is 0.407. The molecule has 2 aromatic carbocycles. The zero-order chi connectivity index (χ0) is 23.8. The number of anilines is 1. The van der Waals surface area contributed by atoms with Crippen LogP contribution in [0.2, 0.25) is 0 Å². The van der Waals surface area contributed by atoms with Gasteiger partial charge in [-0.3, -0.25) is 9.59 Å². The van der Waals surface area contributed by atoms with E-state index in [1.54, 1.807) is 4.68 Å². The number of aromatic nitrogens is 3. The molecule has 7 nitrogen and oxygen atoms in total. The molecular weight excluding hydrogens is 426 g/mol. The summed E-state index contributed by atoms with van der Waals surface area (Å²) in [4.78, 5) is 29.6. The van der Waals surface area contributed by atoms with Crippen molar-refractivity contribution in [2.45, 2.75) is 70.9 Å². The summed E-state index contributed by atoms with van der Waals surface area (Å²) in [6, 6.07) is 17.6. The number of nitrogens with one attached hydrogen (secondary N) is 2. The number of carbonyl (C=O) groups excluding carboxylic acids is 2. The van der Waals surface area contributed by atoms with Crippen LogP contribution in [-0.2, 0) is 16.1 Å². The first-order valence-electron chi connectivity index (χ1n) is 12.3. The van der Waals surface area contributed by atoms with E-state index in [1.807, 2.05) is 54.6 Å². The van der Waals surface area contributed by atoms with E-state index >= 15 is 0 Å². The second-order valence-electron chi connectivity index (χ2n) is 8.91. The van der Waals surface area contributed by atoms with Crippen molar-refractivity contribution in [3.8, 4) is 22.8 Å². The maximum Gasteiger partial charge on any atom is 0.242 e. The number of carbonyl (C=O) groups is 2. The fourth-order valence-corrected chi connectivity index (χ4v) is 4.30. The summed E-state index contributed by atoms with van der Waals surface area (Å²) in [5.41, 5.74) is 2.49. The quantitative estimate of drug-likeness (QED) is 0.461. The summed E-state index contributed by atoms with van der Waals surface area (Å²) < 4.78 is 1.68. The summed E-state index contributed by atoms with van der Waals surface area (Å²) in [7, 11) is 0. The zero-order valence-corrected chi connectivity index (χ0v) is 19.8. The molecule has 2 N–H and O–H groups in total. The van der Waals surface area contributed by atoms with Gasteiger partial charge in [-0.1, -0.05) is 62.9 Å². The summed E-state index contributed by atoms with van der Waals surface area (Å²) in [5.74, 6) is 1.19. The number of unbranched alkanes of at least 4 members (excludes halogenated alkanes) is 1. The van der Waals surface area contributed by atoms with Crippen molar-refractivity contribution >= 4 is 17.5 Å². The van der Waals surface area contributed by atoms with Crippen molar-refractivity contribution in [2.24, 2.45) is 0 Å². The molecular formula is C27H33N5O2. The first-order valence-corrected chi connectivity index (χ1v) is 12.3. The first kappa shape index (κ1) is 23.7. The summed E-state index contributed by atoms with van der Waals surface area (Å²) >= 11 is 0. The van der Waals surface area contributed by atoms with Crippen molar-refractivity contribution in [1.82, 2.24) is 20.1 Å². The smallest absolute Gasteiger partial charge is 0.242 e. The maximum absolute atomic E-state index is 12.8. The molecule has 0 spiro atoms. The lowest BCUT2D eigenvalue weighted by Crippen LogP contribution is -2.38. The number of hydrogen-bond donors (Lipinski definition) is 2. The minimum absolute atomic E-state index is 0.0207. The lowest BCUT2D eigenvalue weighted by Gasteiger charge is -2.22. The van der Waals surface area contributed by atoms with Gasteiger partial charge in [0.05, 0.1) is 0 Å². The van der Waals surface area contributed by atoms with Crippen molar-refractivity contribution in [3.63, 3.8) is 0 Å². The second-order valence-corrected chi connectivity index (χ2v) is 8.91. The number of hydrogen-bond acceptors (Lipinski definition) is 4. The molecule has 178 valence electrons. The molecule has 7 heteroatoms. The average Bonchev–Trinajstić information content (AvgIpc) is 3.28. The molecule has 3 aromatic rings. The third-order valence-electron chi connectivity index (χ3n) is 6.15. The molecule has 1 aromatic heterocycles. The molecule has 0 unspecified atom stereocenters. The average molecular weight is 460 g/mol. The van der Waals surface area contributed by atoms with Gasteiger partial charge in [-0.2, -0.15) is 0 Å². The Bertz CT molecular complexity index is 1090. The van der Waals surface area contributed by atoms with Gasteiger partial charge in [-0.25, -0.2) is 9.67 Å². The van der Waals surface area contributed by atoms with Gasteiger partial charge in [0.15, 0.2) is 11.6 Å². The molecule has 1 aliphatic rings. The molecule has 1 saturated carbocycles. The first-order chi connectivity index (χ1) is 16.6. The standard InChI is InChI=1S/C27H33N5O2/c1-2-3-14-24(33)28-23-17-15-20(16-18-23)26-30-27(21-10-6-4-7-11-21)32(31-26)19-25(34)29-22-12-8-5-9-13-22/h4,6-7,10-11,15-18,22H,2-3,5,8-9,12-14,19H2,1H3,(H,28,33)(H,29,34). The van der Waals surface area contributed by atoms with Gasteiger partial charge >= 0.3 is 0 Å². The Hall–Kier alpha value is -3.48. The molecule has 0 atom stereocenters. The SMILES string of the molecule is CCCCC(=O)Nc1ccc(-c2nc(-c3ccccc3)n(CC(=O)NC3CCCCC3)n2)cc1. The van der Waals surface area contributed by atoms with Crippen LogP contribution in [0, 0.1) is 0 Å². The number of benzene rings is 2. The largest absolute Gasteiger partial charge is 0.352 e.